The van der Waals surface area contributed by atoms with Crippen molar-refractivity contribution >= 4 is 5.82 Å². The van der Waals surface area contributed by atoms with Crippen molar-refractivity contribution in [3.8, 4) is 11.4 Å². The standard InChI is InChI=1S/C12H17N5O/c1-4-18-8-12-15-9(7-11(13-2)16-12)10-5-6-14-17(10)3/h5-7H,4,8H2,1-3H3,(H,13,15,16). The largest absolute Gasteiger partial charge is 0.374 e. The first kappa shape index (κ1) is 12.5. The molecule has 0 saturated heterocycles. The number of anilines is 1. The van der Waals surface area contributed by atoms with Crippen LogP contribution in [0.4, 0.5) is 5.82 Å². The van der Waals surface area contributed by atoms with E-state index in [1.54, 1.807) is 10.9 Å². The summed E-state index contributed by atoms with van der Waals surface area (Å²) in [6.45, 7) is 3.01. The van der Waals surface area contributed by atoms with Crippen molar-refractivity contribution in [2.24, 2.45) is 7.05 Å². The van der Waals surface area contributed by atoms with E-state index in [-0.39, 0.29) is 0 Å². The van der Waals surface area contributed by atoms with Gasteiger partial charge in [-0.25, -0.2) is 9.97 Å². The van der Waals surface area contributed by atoms with Gasteiger partial charge in [0.05, 0.1) is 11.4 Å². The number of ether oxygens (including phenoxy) is 1. The Hall–Kier alpha value is -1.95. The molecule has 2 aromatic rings. The predicted molar refractivity (Wildman–Crippen MR) is 69.1 cm³/mol. The van der Waals surface area contributed by atoms with Crippen molar-refractivity contribution < 1.29 is 4.74 Å². The van der Waals surface area contributed by atoms with E-state index in [9.17, 15) is 0 Å². The van der Waals surface area contributed by atoms with Crippen LogP contribution in [-0.4, -0.2) is 33.4 Å². The van der Waals surface area contributed by atoms with Gasteiger partial charge in [0.2, 0.25) is 0 Å². The third-order valence-corrected chi connectivity index (χ3v) is 2.55. The van der Waals surface area contributed by atoms with Crippen molar-refractivity contribution in [1.29, 1.82) is 0 Å². The van der Waals surface area contributed by atoms with E-state index in [2.05, 4.69) is 20.4 Å². The highest BCUT2D eigenvalue weighted by Gasteiger charge is 2.09. The molecule has 0 atom stereocenters. The average molecular weight is 247 g/mol. The van der Waals surface area contributed by atoms with E-state index < -0.39 is 0 Å². The van der Waals surface area contributed by atoms with Crippen LogP contribution in [0.1, 0.15) is 12.7 Å². The van der Waals surface area contributed by atoms with Gasteiger partial charge in [0.1, 0.15) is 12.4 Å². The summed E-state index contributed by atoms with van der Waals surface area (Å²) in [6.07, 6.45) is 1.75. The Balaban J connectivity index is 2.38. The number of hydrogen-bond donors (Lipinski definition) is 1. The number of aryl methyl sites for hydroxylation is 1. The van der Waals surface area contributed by atoms with E-state index in [1.807, 2.05) is 33.2 Å². The SMILES string of the molecule is CCOCc1nc(NC)cc(-c2ccnn2C)n1. The average Bonchev–Trinajstić information content (AvgIpc) is 2.82. The van der Waals surface area contributed by atoms with E-state index >= 15 is 0 Å². The summed E-state index contributed by atoms with van der Waals surface area (Å²) in [5.41, 5.74) is 1.79. The molecule has 0 amide bonds. The van der Waals surface area contributed by atoms with Crippen LogP contribution in [0, 0.1) is 0 Å². The third-order valence-electron chi connectivity index (χ3n) is 2.55. The van der Waals surface area contributed by atoms with Crippen LogP contribution in [0.5, 0.6) is 0 Å². The molecule has 0 radical (unpaired) electrons. The lowest BCUT2D eigenvalue weighted by atomic mass is 10.3. The van der Waals surface area contributed by atoms with Crippen LogP contribution in [0.15, 0.2) is 18.3 Å². The van der Waals surface area contributed by atoms with Gasteiger partial charge in [-0.2, -0.15) is 5.10 Å². The number of aromatic nitrogens is 4. The van der Waals surface area contributed by atoms with Gasteiger partial charge in [0, 0.05) is 33.0 Å². The maximum absolute atomic E-state index is 5.35. The summed E-state index contributed by atoms with van der Waals surface area (Å²) in [5.74, 6) is 1.44. The first-order valence-electron chi connectivity index (χ1n) is 5.86. The zero-order valence-electron chi connectivity index (χ0n) is 10.8. The Morgan fingerprint density at radius 3 is 2.83 bits per heavy atom. The molecule has 18 heavy (non-hydrogen) atoms. The van der Waals surface area contributed by atoms with Crippen LogP contribution in [0.3, 0.4) is 0 Å². The Morgan fingerprint density at radius 2 is 2.22 bits per heavy atom. The van der Waals surface area contributed by atoms with Gasteiger partial charge in [-0.05, 0) is 13.0 Å². The summed E-state index contributed by atoms with van der Waals surface area (Å²) in [7, 11) is 3.72. The maximum atomic E-state index is 5.35. The number of rotatable bonds is 5. The summed E-state index contributed by atoms with van der Waals surface area (Å²) in [6, 6.07) is 3.82. The zero-order chi connectivity index (χ0) is 13.0. The van der Waals surface area contributed by atoms with Gasteiger partial charge < -0.3 is 10.1 Å². The predicted octanol–water partition coefficient (Wildman–Crippen LogP) is 1.46. The Morgan fingerprint density at radius 1 is 1.39 bits per heavy atom. The molecule has 0 saturated carbocycles. The van der Waals surface area contributed by atoms with Crippen molar-refractivity contribution in [2.45, 2.75) is 13.5 Å². The van der Waals surface area contributed by atoms with E-state index in [0.717, 1.165) is 17.2 Å². The van der Waals surface area contributed by atoms with E-state index in [0.29, 0.717) is 19.0 Å². The van der Waals surface area contributed by atoms with Crippen LogP contribution in [-0.2, 0) is 18.4 Å². The molecule has 0 aliphatic carbocycles. The fourth-order valence-corrected chi connectivity index (χ4v) is 1.64. The lowest BCUT2D eigenvalue weighted by Crippen LogP contribution is -2.05. The summed E-state index contributed by atoms with van der Waals surface area (Å²) >= 11 is 0. The summed E-state index contributed by atoms with van der Waals surface area (Å²) < 4.78 is 7.13. The molecule has 2 rings (SSSR count). The fraction of sp³-hybridized carbons (Fsp3) is 0.417. The molecule has 1 N–H and O–H groups in total. The zero-order valence-corrected chi connectivity index (χ0v) is 10.8. The topological polar surface area (TPSA) is 64.9 Å². The second-order valence-electron chi connectivity index (χ2n) is 3.78. The molecule has 6 nitrogen and oxygen atoms in total. The highest BCUT2D eigenvalue weighted by Crippen LogP contribution is 2.19. The normalized spacial score (nSPS) is 10.6. The molecule has 0 aromatic carbocycles. The number of nitrogens with zero attached hydrogens (tertiary/aromatic N) is 4. The van der Waals surface area contributed by atoms with Gasteiger partial charge in [-0.15, -0.1) is 0 Å². The molecule has 96 valence electrons. The molecule has 0 aliphatic rings. The van der Waals surface area contributed by atoms with Gasteiger partial charge in [-0.1, -0.05) is 0 Å². The Labute approximate surface area is 106 Å². The van der Waals surface area contributed by atoms with Gasteiger partial charge >= 0.3 is 0 Å². The quantitative estimate of drug-likeness (QED) is 0.866. The lowest BCUT2D eigenvalue weighted by molar-refractivity contribution is 0.128. The lowest BCUT2D eigenvalue weighted by Gasteiger charge is -2.08. The Kier molecular flexibility index (Phi) is 3.88. The van der Waals surface area contributed by atoms with Crippen molar-refractivity contribution in [3.63, 3.8) is 0 Å². The third kappa shape index (κ3) is 2.65. The number of nitrogens with one attached hydrogen (secondary N) is 1. The molecule has 6 heteroatoms. The highest BCUT2D eigenvalue weighted by molar-refractivity contribution is 5.58. The number of hydrogen-bond acceptors (Lipinski definition) is 5. The molecule has 0 aliphatic heterocycles. The summed E-state index contributed by atoms with van der Waals surface area (Å²) in [4.78, 5) is 8.84. The molecule has 0 unspecified atom stereocenters. The smallest absolute Gasteiger partial charge is 0.157 e. The van der Waals surface area contributed by atoms with E-state index in [4.69, 9.17) is 4.74 Å². The molecular weight excluding hydrogens is 230 g/mol. The minimum atomic E-state index is 0.414. The monoisotopic (exact) mass is 247 g/mol. The highest BCUT2D eigenvalue weighted by atomic mass is 16.5. The van der Waals surface area contributed by atoms with Gasteiger partial charge in [-0.3, -0.25) is 4.68 Å². The van der Waals surface area contributed by atoms with Crippen LogP contribution in [0.25, 0.3) is 11.4 Å². The fourth-order valence-electron chi connectivity index (χ4n) is 1.64. The molecule has 0 spiro atoms. The molecule has 0 bridgehead atoms. The van der Waals surface area contributed by atoms with Crippen molar-refractivity contribution in [2.75, 3.05) is 19.0 Å². The van der Waals surface area contributed by atoms with Gasteiger partial charge in [0.15, 0.2) is 5.82 Å². The first-order chi connectivity index (χ1) is 8.74. The summed E-state index contributed by atoms with van der Waals surface area (Å²) in [5, 5.41) is 7.17. The van der Waals surface area contributed by atoms with E-state index in [1.165, 1.54) is 0 Å². The van der Waals surface area contributed by atoms with Crippen molar-refractivity contribution in [3.05, 3.63) is 24.2 Å². The van der Waals surface area contributed by atoms with Crippen LogP contribution < -0.4 is 5.32 Å². The second kappa shape index (κ2) is 5.59. The Bertz CT molecular complexity index is 523. The minimum absolute atomic E-state index is 0.414. The molecule has 0 fully saturated rings. The molecule has 2 aromatic heterocycles. The van der Waals surface area contributed by atoms with Crippen molar-refractivity contribution in [1.82, 2.24) is 19.7 Å². The first-order valence-corrected chi connectivity index (χ1v) is 5.86. The van der Waals surface area contributed by atoms with Gasteiger partial charge in [0.25, 0.3) is 0 Å². The second-order valence-corrected chi connectivity index (χ2v) is 3.78. The molecule has 2 heterocycles. The van der Waals surface area contributed by atoms with Crippen LogP contribution >= 0.6 is 0 Å². The van der Waals surface area contributed by atoms with Crippen LogP contribution in [0.2, 0.25) is 0 Å². The maximum Gasteiger partial charge on any atom is 0.157 e. The molecular formula is C12H17N5O. The minimum Gasteiger partial charge on any atom is -0.374 e.